The van der Waals surface area contributed by atoms with E-state index < -0.39 is 11.2 Å². The molecule has 26 heavy (non-hydrogen) atoms. The zero-order valence-electron chi connectivity index (χ0n) is 15.9. The Hall–Kier alpha value is -1.19. The molecule has 1 N–H and O–H groups in total. The number of β-amino-alcohol motifs (C(OH)–C–C–N with tert-alkyl or cyclic N) is 1. The van der Waals surface area contributed by atoms with Crippen molar-refractivity contribution in [1.82, 2.24) is 24.8 Å². The van der Waals surface area contributed by atoms with Crippen molar-refractivity contribution in [2.75, 3.05) is 32.7 Å². The summed E-state index contributed by atoms with van der Waals surface area (Å²) in [6, 6.07) is 0.347. The number of halogens is 1. The minimum atomic E-state index is -0.837. The quantitative estimate of drug-likeness (QED) is 0.790. The van der Waals surface area contributed by atoms with Crippen molar-refractivity contribution in [2.45, 2.75) is 57.8 Å². The van der Waals surface area contributed by atoms with Crippen molar-refractivity contribution >= 4 is 22.0 Å². The lowest BCUT2D eigenvalue weighted by Gasteiger charge is -2.49. The number of hydrogen-bond acceptors (Lipinski definition) is 6. The van der Waals surface area contributed by atoms with Crippen LogP contribution < -0.4 is 0 Å². The first kappa shape index (κ1) is 19.6. The zero-order valence-corrected chi connectivity index (χ0v) is 17.5. The third-order valence-corrected chi connectivity index (χ3v) is 5.65. The fraction of sp³-hybridized carbons (Fsp3) is 0.824. The Labute approximate surface area is 162 Å². The van der Waals surface area contributed by atoms with Crippen LogP contribution in [0.15, 0.2) is 4.60 Å². The van der Waals surface area contributed by atoms with Crippen LogP contribution in [-0.4, -0.2) is 79.9 Å². The Kier molecular flexibility index (Phi) is 5.33. The first-order valence-electron chi connectivity index (χ1n) is 9.06. The second-order valence-electron chi connectivity index (χ2n) is 8.48. The van der Waals surface area contributed by atoms with Crippen LogP contribution in [0.4, 0.5) is 4.79 Å². The summed E-state index contributed by atoms with van der Waals surface area (Å²) < 4.78 is 8.13. The summed E-state index contributed by atoms with van der Waals surface area (Å²) in [4.78, 5) is 15.8. The van der Waals surface area contributed by atoms with Gasteiger partial charge in [-0.15, -0.1) is 5.10 Å². The topological polar surface area (TPSA) is 83.7 Å². The fourth-order valence-electron chi connectivity index (χ4n) is 3.63. The Bertz CT molecular complexity index is 658. The van der Waals surface area contributed by atoms with Gasteiger partial charge in [0.05, 0.1) is 24.8 Å². The lowest BCUT2D eigenvalue weighted by atomic mass is 9.92. The van der Waals surface area contributed by atoms with E-state index in [1.807, 2.05) is 32.4 Å². The van der Waals surface area contributed by atoms with Gasteiger partial charge in [-0.25, -0.2) is 9.48 Å². The molecule has 8 nitrogen and oxygen atoms in total. The van der Waals surface area contributed by atoms with Crippen molar-refractivity contribution in [3.05, 3.63) is 10.3 Å². The predicted octanol–water partition coefficient (Wildman–Crippen LogP) is 1.97. The van der Waals surface area contributed by atoms with E-state index in [0.29, 0.717) is 25.7 Å². The third-order valence-electron chi connectivity index (χ3n) is 4.91. The molecule has 3 rings (SSSR count). The molecule has 2 saturated heterocycles. The maximum atomic E-state index is 12.0. The minimum Gasteiger partial charge on any atom is -0.444 e. The summed E-state index contributed by atoms with van der Waals surface area (Å²) in [7, 11) is 0. The molecule has 0 aromatic carbocycles. The van der Waals surface area contributed by atoms with Crippen LogP contribution in [0.5, 0.6) is 0 Å². The van der Waals surface area contributed by atoms with E-state index in [-0.39, 0.29) is 6.09 Å². The standard InChI is InChI=1S/C17H28BrN5O3/c1-12-14(18)19-20-23(12)13-5-7-21(8-6-13)9-17(25)10-22(11-17)15(24)26-16(2,3)4/h13,25H,5-11H2,1-4H3. The summed E-state index contributed by atoms with van der Waals surface area (Å²) in [5.74, 6) is 0. The molecule has 1 aromatic heterocycles. The molecule has 0 saturated carbocycles. The Morgan fingerprint density at radius 2 is 1.96 bits per heavy atom. The van der Waals surface area contributed by atoms with E-state index in [9.17, 15) is 9.90 Å². The average molecular weight is 430 g/mol. The number of rotatable bonds is 3. The number of hydrogen-bond donors (Lipinski definition) is 1. The summed E-state index contributed by atoms with van der Waals surface area (Å²) in [6.45, 7) is 10.6. The highest BCUT2D eigenvalue weighted by Gasteiger charge is 2.46. The SMILES string of the molecule is Cc1c(Br)nnn1C1CCN(CC2(O)CN(C(=O)OC(C)(C)C)C2)CC1. The van der Waals surface area contributed by atoms with E-state index >= 15 is 0 Å². The van der Waals surface area contributed by atoms with Crippen LogP contribution in [0.2, 0.25) is 0 Å². The smallest absolute Gasteiger partial charge is 0.410 e. The van der Waals surface area contributed by atoms with Crippen LogP contribution in [0.25, 0.3) is 0 Å². The van der Waals surface area contributed by atoms with Gasteiger partial charge in [-0.1, -0.05) is 5.21 Å². The number of ether oxygens (including phenoxy) is 1. The molecule has 9 heteroatoms. The molecule has 0 atom stereocenters. The maximum Gasteiger partial charge on any atom is 0.410 e. The predicted molar refractivity (Wildman–Crippen MR) is 99.9 cm³/mol. The molecule has 3 heterocycles. The zero-order chi connectivity index (χ0) is 19.1. The summed E-state index contributed by atoms with van der Waals surface area (Å²) in [5, 5.41) is 19.0. The summed E-state index contributed by atoms with van der Waals surface area (Å²) in [5.41, 5.74) is -0.300. The highest BCUT2D eigenvalue weighted by molar-refractivity contribution is 9.10. The van der Waals surface area contributed by atoms with Crippen LogP contribution in [0.3, 0.4) is 0 Å². The summed E-state index contributed by atoms with van der Waals surface area (Å²) in [6.07, 6.45) is 1.60. The largest absolute Gasteiger partial charge is 0.444 e. The van der Waals surface area contributed by atoms with Crippen molar-refractivity contribution < 1.29 is 14.6 Å². The third kappa shape index (κ3) is 4.37. The molecule has 0 unspecified atom stereocenters. The molecule has 1 amide bonds. The molecule has 0 bridgehead atoms. The van der Waals surface area contributed by atoms with E-state index in [1.165, 1.54) is 0 Å². The number of piperidine rings is 1. The number of carbonyl (C=O) groups is 1. The average Bonchev–Trinajstić information content (AvgIpc) is 2.84. The van der Waals surface area contributed by atoms with E-state index in [4.69, 9.17) is 4.74 Å². The molecule has 0 aliphatic carbocycles. The Balaban J connectivity index is 1.45. The van der Waals surface area contributed by atoms with Crippen molar-refractivity contribution in [2.24, 2.45) is 0 Å². The number of nitrogens with zero attached hydrogens (tertiary/aromatic N) is 5. The first-order chi connectivity index (χ1) is 12.1. The highest BCUT2D eigenvalue weighted by Crippen LogP contribution is 2.29. The number of likely N-dealkylation sites (tertiary alicyclic amines) is 2. The van der Waals surface area contributed by atoms with Crippen LogP contribution in [0, 0.1) is 6.92 Å². The van der Waals surface area contributed by atoms with Gasteiger partial charge < -0.3 is 19.6 Å². The molecule has 0 spiro atoms. The van der Waals surface area contributed by atoms with Crippen molar-refractivity contribution in [3.63, 3.8) is 0 Å². The molecule has 1 aromatic rings. The van der Waals surface area contributed by atoms with Gasteiger partial charge >= 0.3 is 6.09 Å². The Morgan fingerprint density at radius 3 is 2.46 bits per heavy atom. The van der Waals surface area contributed by atoms with Gasteiger partial charge in [-0.05, 0) is 56.5 Å². The van der Waals surface area contributed by atoms with Crippen LogP contribution in [0.1, 0.15) is 45.3 Å². The van der Waals surface area contributed by atoms with Crippen molar-refractivity contribution in [1.29, 1.82) is 0 Å². The molecular weight excluding hydrogens is 402 g/mol. The first-order valence-corrected chi connectivity index (χ1v) is 9.86. The monoisotopic (exact) mass is 429 g/mol. The maximum absolute atomic E-state index is 12.0. The Morgan fingerprint density at radius 1 is 1.35 bits per heavy atom. The van der Waals surface area contributed by atoms with Crippen molar-refractivity contribution in [3.8, 4) is 0 Å². The normalized spacial score (nSPS) is 21.5. The number of aliphatic hydroxyl groups is 1. The molecule has 2 aliphatic rings. The second-order valence-corrected chi connectivity index (χ2v) is 9.23. The molecular formula is C17H28BrN5O3. The van der Waals surface area contributed by atoms with E-state index in [1.54, 1.807) is 4.90 Å². The second kappa shape index (κ2) is 7.09. The van der Waals surface area contributed by atoms with Gasteiger partial charge in [0.15, 0.2) is 4.60 Å². The highest BCUT2D eigenvalue weighted by atomic mass is 79.9. The van der Waals surface area contributed by atoms with Gasteiger partial charge in [0, 0.05) is 19.6 Å². The number of carbonyl (C=O) groups excluding carboxylic acids is 1. The van der Waals surface area contributed by atoms with Crippen LogP contribution >= 0.6 is 15.9 Å². The lowest BCUT2D eigenvalue weighted by molar-refractivity contribution is -0.114. The van der Waals surface area contributed by atoms with Gasteiger partial charge in [-0.3, -0.25) is 0 Å². The molecule has 2 fully saturated rings. The minimum absolute atomic E-state index is 0.330. The number of aromatic nitrogens is 3. The van der Waals surface area contributed by atoms with Gasteiger partial charge in [0.2, 0.25) is 0 Å². The summed E-state index contributed by atoms with van der Waals surface area (Å²) >= 11 is 3.41. The van der Waals surface area contributed by atoms with Gasteiger partial charge in [0.1, 0.15) is 11.2 Å². The molecule has 146 valence electrons. The number of amides is 1. The lowest BCUT2D eigenvalue weighted by Crippen LogP contribution is -2.68. The fourth-order valence-corrected chi connectivity index (χ4v) is 3.88. The van der Waals surface area contributed by atoms with Gasteiger partial charge in [0.25, 0.3) is 0 Å². The van der Waals surface area contributed by atoms with Gasteiger partial charge in [-0.2, -0.15) is 0 Å². The van der Waals surface area contributed by atoms with E-state index in [0.717, 1.165) is 36.2 Å². The van der Waals surface area contributed by atoms with E-state index in [2.05, 4.69) is 31.1 Å². The van der Waals surface area contributed by atoms with Crippen LogP contribution in [-0.2, 0) is 4.74 Å². The molecule has 2 aliphatic heterocycles. The molecule has 0 radical (unpaired) electrons.